The fourth-order valence-corrected chi connectivity index (χ4v) is 3.49. The summed E-state index contributed by atoms with van der Waals surface area (Å²) in [6.45, 7) is 4.60. The molecule has 158 valence electrons. The van der Waals surface area contributed by atoms with Crippen molar-refractivity contribution in [2.75, 3.05) is 31.9 Å². The third kappa shape index (κ3) is 5.99. The monoisotopic (exact) mass is 427 g/mol. The minimum atomic E-state index is -0.840. The molecule has 0 radical (unpaired) electrons. The number of aryl methyl sites for hydroxylation is 1. The zero-order valence-electron chi connectivity index (χ0n) is 17.5. The Labute approximate surface area is 180 Å². The number of amides is 1. The fourth-order valence-electron chi connectivity index (χ4n) is 2.94. The average Bonchev–Trinajstić information content (AvgIpc) is 3.01. The molecule has 0 atom stereocenters. The molecule has 0 saturated heterocycles. The van der Waals surface area contributed by atoms with Crippen LogP contribution in [0.3, 0.4) is 0 Å². The second kappa shape index (κ2) is 11.2. The maximum atomic E-state index is 12.3. The maximum Gasteiger partial charge on any atom is 0.349 e. The van der Waals surface area contributed by atoms with Crippen LogP contribution in [-0.2, 0) is 25.6 Å². The Kier molecular flexibility index (Phi) is 8.71. The quantitative estimate of drug-likeness (QED) is 0.285. The van der Waals surface area contributed by atoms with Gasteiger partial charge in [0, 0.05) is 29.9 Å². The molecular weight excluding hydrogens is 402 g/mol. The van der Waals surface area contributed by atoms with Crippen LogP contribution in [0, 0.1) is 25.2 Å². The first-order valence-electron chi connectivity index (χ1n) is 9.28. The molecule has 2 aromatic rings. The molecule has 0 fully saturated rings. The van der Waals surface area contributed by atoms with Crippen molar-refractivity contribution in [3.63, 3.8) is 0 Å². The van der Waals surface area contributed by atoms with Gasteiger partial charge < -0.3 is 19.4 Å². The first-order chi connectivity index (χ1) is 14.4. The Balaban J connectivity index is 2.05. The van der Waals surface area contributed by atoms with Crippen molar-refractivity contribution in [2.24, 2.45) is 0 Å². The largest absolute Gasteiger partial charge is 0.451 e. The van der Waals surface area contributed by atoms with Crippen molar-refractivity contribution < 1.29 is 19.1 Å². The SMILES string of the molecule is COCCn1c(C)cc(/C=C(\C#N)C(=O)OCC(=O)Nc2ccccc2SC)c1C. The van der Waals surface area contributed by atoms with E-state index in [1.54, 1.807) is 19.2 Å². The van der Waals surface area contributed by atoms with Gasteiger partial charge >= 0.3 is 5.97 Å². The van der Waals surface area contributed by atoms with Crippen LogP contribution in [0.5, 0.6) is 0 Å². The summed E-state index contributed by atoms with van der Waals surface area (Å²) in [6, 6.07) is 11.1. The van der Waals surface area contributed by atoms with Gasteiger partial charge in [0.15, 0.2) is 6.61 Å². The van der Waals surface area contributed by atoms with Crippen LogP contribution in [-0.4, -0.2) is 43.0 Å². The minimum Gasteiger partial charge on any atom is -0.451 e. The number of carbonyl (C=O) groups excluding carboxylic acids is 2. The molecule has 7 nitrogen and oxygen atoms in total. The van der Waals surface area contributed by atoms with E-state index >= 15 is 0 Å². The molecule has 0 aliphatic rings. The van der Waals surface area contributed by atoms with E-state index in [4.69, 9.17) is 9.47 Å². The van der Waals surface area contributed by atoms with Gasteiger partial charge in [0.25, 0.3) is 5.91 Å². The maximum absolute atomic E-state index is 12.3. The summed E-state index contributed by atoms with van der Waals surface area (Å²) in [4.78, 5) is 25.4. The zero-order chi connectivity index (χ0) is 22.1. The normalized spacial score (nSPS) is 11.1. The van der Waals surface area contributed by atoms with E-state index in [0.29, 0.717) is 18.8 Å². The molecule has 1 amide bonds. The number of para-hydroxylation sites is 1. The number of esters is 1. The summed E-state index contributed by atoms with van der Waals surface area (Å²) < 4.78 is 12.2. The number of nitrogens with zero attached hydrogens (tertiary/aromatic N) is 2. The number of nitriles is 1. The number of aromatic nitrogens is 1. The lowest BCUT2D eigenvalue weighted by Crippen LogP contribution is -2.21. The van der Waals surface area contributed by atoms with Crippen LogP contribution in [0.15, 0.2) is 40.8 Å². The van der Waals surface area contributed by atoms with Crippen LogP contribution in [0.4, 0.5) is 5.69 Å². The number of carbonyl (C=O) groups is 2. The highest BCUT2D eigenvalue weighted by Gasteiger charge is 2.16. The van der Waals surface area contributed by atoms with E-state index in [1.807, 2.05) is 48.9 Å². The van der Waals surface area contributed by atoms with Crippen molar-refractivity contribution in [1.82, 2.24) is 4.57 Å². The van der Waals surface area contributed by atoms with Crippen LogP contribution < -0.4 is 5.32 Å². The number of anilines is 1. The molecule has 0 aliphatic heterocycles. The molecule has 0 saturated carbocycles. The number of hydrogen-bond acceptors (Lipinski definition) is 6. The summed E-state index contributed by atoms with van der Waals surface area (Å²) in [5.41, 5.74) is 3.13. The Morgan fingerprint density at radius 1 is 1.30 bits per heavy atom. The summed E-state index contributed by atoms with van der Waals surface area (Å²) in [5.74, 6) is -1.31. The van der Waals surface area contributed by atoms with Gasteiger partial charge in [-0.05, 0) is 49.9 Å². The van der Waals surface area contributed by atoms with Gasteiger partial charge in [-0.1, -0.05) is 12.1 Å². The number of nitrogens with one attached hydrogen (secondary N) is 1. The predicted octanol–water partition coefficient (Wildman–Crippen LogP) is 3.56. The summed E-state index contributed by atoms with van der Waals surface area (Å²) in [6.07, 6.45) is 3.39. The average molecular weight is 428 g/mol. The Morgan fingerprint density at radius 3 is 2.70 bits per heavy atom. The highest BCUT2D eigenvalue weighted by atomic mass is 32.2. The van der Waals surface area contributed by atoms with Crippen molar-refractivity contribution in [3.8, 4) is 6.07 Å². The Hall–Kier alpha value is -3.02. The molecule has 1 aromatic carbocycles. The first-order valence-corrected chi connectivity index (χ1v) is 10.5. The second-order valence-electron chi connectivity index (χ2n) is 6.47. The van der Waals surface area contributed by atoms with E-state index in [0.717, 1.165) is 21.8 Å². The van der Waals surface area contributed by atoms with Gasteiger partial charge in [-0.25, -0.2) is 4.79 Å². The van der Waals surface area contributed by atoms with Gasteiger partial charge in [-0.2, -0.15) is 5.26 Å². The lowest BCUT2D eigenvalue weighted by atomic mass is 10.1. The summed E-state index contributed by atoms with van der Waals surface area (Å²) in [5, 5.41) is 12.1. The molecule has 1 aromatic heterocycles. The second-order valence-corrected chi connectivity index (χ2v) is 7.31. The molecule has 8 heteroatoms. The topological polar surface area (TPSA) is 93.3 Å². The van der Waals surface area contributed by atoms with Crippen molar-refractivity contribution in [3.05, 3.63) is 52.9 Å². The molecule has 0 bridgehead atoms. The smallest absolute Gasteiger partial charge is 0.349 e. The number of thioether (sulfide) groups is 1. The van der Waals surface area contributed by atoms with Gasteiger partial charge in [-0.3, -0.25) is 4.79 Å². The van der Waals surface area contributed by atoms with Gasteiger partial charge in [0.1, 0.15) is 11.6 Å². The zero-order valence-corrected chi connectivity index (χ0v) is 18.3. The lowest BCUT2D eigenvalue weighted by Gasteiger charge is -2.09. The van der Waals surface area contributed by atoms with E-state index in [-0.39, 0.29) is 5.57 Å². The first kappa shape index (κ1) is 23.3. The highest BCUT2D eigenvalue weighted by Crippen LogP contribution is 2.24. The van der Waals surface area contributed by atoms with Crippen LogP contribution >= 0.6 is 11.8 Å². The van der Waals surface area contributed by atoms with Gasteiger partial charge in [0.2, 0.25) is 0 Å². The van der Waals surface area contributed by atoms with Gasteiger partial charge in [-0.15, -0.1) is 11.8 Å². The number of methoxy groups -OCH3 is 1. The number of ether oxygens (including phenoxy) is 2. The third-order valence-corrected chi connectivity index (χ3v) is 5.28. The lowest BCUT2D eigenvalue weighted by molar-refractivity contribution is -0.142. The number of rotatable bonds is 9. The molecular formula is C22H25N3O4S. The minimum absolute atomic E-state index is 0.167. The van der Waals surface area contributed by atoms with E-state index in [9.17, 15) is 14.9 Å². The van der Waals surface area contributed by atoms with Gasteiger partial charge in [0.05, 0.1) is 12.3 Å². The van der Waals surface area contributed by atoms with Crippen LogP contribution in [0.2, 0.25) is 0 Å². The van der Waals surface area contributed by atoms with Crippen molar-refractivity contribution in [2.45, 2.75) is 25.3 Å². The van der Waals surface area contributed by atoms with Crippen LogP contribution in [0.1, 0.15) is 17.0 Å². The van der Waals surface area contributed by atoms with E-state index in [1.165, 1.54) is 17.8 Å². The third-order valence-electron chi connectivity index (χ3n) is 4.49. The Morgan fingerprint density at radius 2 is 2.03 bits per heavy atom. The number of hydrogen-bond donors (Lipinski definition) is 1. The van der Waals surface area contributed by atoms with Crippen LogP contribution in [0.25, 0.3) is 6.08 Å². The summed E-state index contributed by atoms with van der Waals surface area (Å²) >= 11 is 1.50. The standard InChI is InChI=1S/C22H25N3O4S/c1-15-11-17(16(2)25(15)9-10-28-3)12-18(13-23)22(27)29-14-21(26)24-19-7-5-6-8-20(19)30-4/h5-8,11-12H,9-10,14H2,1-4H3,(H,24,26)/b18-12+. The molecule has 0 aliphatic carbocycles. The highest BCUT2D eigenvalue weighted by molar-refractivity contribution is 7.98. The molecule has 0 spiro atoms. The predicted molar refractivity (Wildman–Crippen MR) is 117 cm³/mol. The van der Waals surface area contributed by atoms with E-state index < -0.39 is 18.5 Å². The fraction of sp³-hybridized carbons (Fsp3) is 0.318. The van der Waals surface area contributed by atoms with Crippen molar-refractivity contribution in [1.29, 1.82) is 5.26 Å². The number of benzene rings is 1. The molecule has 0 unspecified atom stereocenters. The molecule has 1 heterocycles. The summed E-state index contributed by atoms with van der Waals surface area (Å²) in [7, 11) is 1.63. The van der Waals surface area contributed by atoms with E-state index in [2.05, 4.69) is 5.32 Å². The van der Waals surface area contributed by atoms with Crippen molar-refractivity contribution >= 4 is 35.4 Å². The Bertz CT molecular complexity index is 989. The molecule has 1 N–H and O–H groups in total. The molecule has 2 rings (SSSR count). The molecule has 30 heavy (non-hydrogen) atoms.